The van der Waals surface area contributed by atoms with Crippen LogP contribution < -0.4 is 0 Å². The highest BCUT2D eigenvalue weighted by Gasteiger charge is 2.08. The molecule has 0 aromatic rings. The molecule has 1 rings (SSSR count). The van der Waals surface area contributed by atoms with E-state index in [0.29, 0.717) is 0 Å². The van der Waals surface area contributed by atoms with Crippen LogP contribution in [0.15, 0.2) is 23.9 Å². The average molecular weight is 137 g/mol. The molecule has 1 heterocycles. The van der Waals surface area contributed by atoms with Crippen molar-refractivity contribution in [2.75, 3.05) is 13.6 Å². The van der Waals surface area contributed by atoms with E-state index in [9.17, 15) is 0 Å². The molecule has 0 bridgehead atoms. The van der Waals surface area contributed by atoms with Crippen LogP contribution in [-0.4, -0.2) is 18.5 Å². The maximum Gasteiger partial charge on any atom is 0.0212 e. The summed E-state index contributed by atoms with van der Waals surface area (Å²) in [6.45, 7) is 7.26. The summed E-state index contributed by atoms with van der Waals surface area (Å²) in [4.78, 5) is 2.30. The van der Waals surface area contributed by atoms with Crippen molar-refractivity contribution in [3.8, 4) is 0 Å². The monoisotopic (exact) mass is 137 g/mol. The lowest BCUT2D eigenvalue weighted by atomic mass is 10.1. The molecule has 0 fully saturated rings. The SMILES string of the molecule is C=C1C=C(CC)N(C)CC1. The molecule has 1 nitrogen and oxygen atoms in total. The Morgan fingerprint density at radius 1 is 1.70 bits per heavy atom. The molecule has 56 valence electrons. The Morgan fingerprint density at radius 2 is 2.40 bits per heavy atom. The molecule has 0 saturated carbocycles. The quantitative estimate of drug-likeness (QED) is 0.535. The molecule has 0 N–H and O–H groups in total. The molecule has 0 aromatic carbocycles. The van der Waals surface area contributed by atoms with Crippen molar-refractivity contribution in [3.63, 3.8) is 0 Å². The third-order valence-electron chi connectivity index (χ3n) is 1.99. The second-order valence-electron chi connectivity index (χ2n) is 2.82. The Bertz CT molecular complexity index is 168. The first kappa shape index (κ1) is 7.39. The lowest BCUT2D eigenvalue weighted by Gasteiger charge is -2.26. The summed E-state index contributed by atoms with van der Waals surface area (Å²) in [5.41, 5.74) is 2.69. The molecule has 0 aliphatic carbocycles. The molecule has 1 aliphatic heterocycles. The summed E-state index contributed by atoms with van der Waals surface area (Å²) < 4.78 is 0. The average Bonchev–Trinajstić information content (AvgIpc) is 1.94. The number of rotatable bonds is 1. The second kappa shape index (κ2) is 2.91. The van der Waals surface area contributed by atoms with Crippen molar-refractivity contribution in [1.82, 2.24) is 4.90 Å². The van der Waals surface area contributed by atoms with Crippen LogP contribution in [-0.2, 0) is 0 Å². The second-order valence-corrected chi connectivity index (χ2v) is 2.82. The first-order valence-electron chi connectivity index (χ1n) is 3.83. The molecular formula is C9H15N. The number of allylic oxidation sites excluding steroid dienone is 2. The zero-order valence-corrected chi connectivity index (χ0v) is 6.85. The maximum atomic E-state index is 3.94. The third-order valence-corrected chi connectivity index (χ3v) is 1.99. The minimum Gasteiger partial charge on any atom is -0.378 e. The van der Waals surface area contributed by atoms with Crippen molar-refractivity contribution in [3.05, 3.63) is 23.9 Å². The topological polar surface area (TPSA) is 3.24 Å². The van der Waals surface area contributed by atoms with Crippen LogP contribution in [0.5, 0.6) is 0 Å². The van der Waals surface area contributed by atoms with Gasteiger partial charge in [-0.15, -0.1) is 0 Å². The first-order valence-corrected chi connectivity index (χ1v) is 3.83. The Balaban J connectivity index is 2.71. The zero-order chi connectivity index (χ0) is 7.56. The molecule has 1 heteroatoms. The fourth-order valence-electron chi connectivity index (χ4n) is 1.24. The van der Waals surface area contributed by atoms with Gasteiger partial charge >= 0.3 is 0 Å². The summed E-state index contributed by atoms with van der Waals surface area (Å²) in [5.74, 6) is 0. The Morgan fingerprint density at radius 3 is 2.90 bits per heavy atom. The molecule has 0 unspecified atom stereocenters. The third kappa shape index (κ3) is 1.41. The van der Waals surface area contributed by atoms with Crippen LogP contribution >= 0.6 is 0 Å². The summed E-state index contributed by atoms with van der Waals surface area (Å²) in [6.07, 6.45) is 4.44. The highest BCUT2D eigenvalue weighted by atomic mass is 15.1. The molecular weight excluding hydrogens is 122 g/mol. The molecule has 0 aromatic heterocycles. The van der Waals surface area contributed by atoms with E-state index < -0.39 is 0 Å². The Labute approximate surface area is 63.0 Å². The predicted octanol–water partition coefficient (Wildman–Crippen LogP) is 2.17. The molecule has 0 spiro atoms. The number of hydrogen-bond acceptors (Lipinski definition) is 1. The fourth-order valence-corrected chi connectivity index (χ4v) is 1.24. The highest BCUT2D eigenvalue weighted by molar-refractivity contribution is 5.23. The zero-order valence-electron chi connectivity index (χ0n) is 6.85. The summed E-state index contributed by atoms with van der Waals surface area (Å²) in [6, 6.07) is 0. The minimum absolute atomic E-state index is 1.12. The van der Waals surface area contributed by atoms with Crippen LogP contribution in [0.3, 0.4) is 0 Å². The van der Waals surface area contributed by atoms with Gasteiger partial charge < -0.3 is 4.90 Å². The lowest BCUT2D eigenvalue weighted by molar-refractivity contribution is 0.397. The van der Waals surface area contributed by atoms with E-state index in [2.05, 4.69) is 31.5 Å². The van der Waals surface area contributed by atoms with Gasteiger partial charge in [-0.25, -0.2) is 0 Å². The maximum absolute atomic E-state index is 3.94. The van der Waals surface area contributed by atoms with E-state index in [1.165, 1.54) is 11.3 Å². The Hall–Kier alpha value is -0.720. The van der Waals surface area contributed by atoms with Gasteiger partial charge in [-0.2, -0.15) is 0 Å². The van der Waals surface area contributed by atoms with E-state index in [1.807, 2.05) is 0 Å². The van der Waals surface area contributed by atoms with Gasteiger partial charge in [-0.1, -0.05) is 19.1 Å². The van der Waals surface area contributed by atoms with E-state index in [1.54, 1.807) is 0 Å². The van der Waals surface area contributed by atoms with Crippen LogP contribution in [0.2, 0.25) is 0 Å². The van der Waals surface area contributed by atoms with Crippen LogP contribution in [0.25, 0.3) is 0 Å². The predicted molar refractivity (Wildman–Crippen MR) is 44.8 cm³/mol. The van der Waals surface area contributed by atoms with E-state index in [4.69, 9.17) is 0 Å². The van der Waals surface area contributed by atoms with Gasteiger partial charge in [0.2, 0.25) is 0 Å². The molecule has 0 saturated heterocycles. The number of hydrogen-bond donors (Lipinski definition) is 0. The summed E-state index contributed by atoms with van der Waals surface area (Å²) >= 11 is 0. The first-order chi connectivity index (χ1) is 4.74. The van der Waals surface area contributed by atoms with Crippen molar-refractivity contribution < 1.29 is 0 Å². The summed E-state index contributed by atoms with van der Waals surface area (Å²) in [5, 5.41) is 0. The molecule has 0 radical (unpaired) electrons. The van der Waals surface area contributed by atoms with Gasteiger partial charge in [-0.05, 0) is 18.9 Å². The van der Waals surface area contributed by atoms with Crippen LogP contribution in [0.1, 0.15) is 19.8 Å². The van der Waals surface area contributed by atoms with Gasteiger partial charge in [0, 0.05) is 19.3 Å². The molecule has 0 amide bonds. The van der Waals surface area contributed by atoms with E-state index in [-0.39, 0.29) is 0 Å². The van der Waals surface area contributed by atoms with Crippen molar-refractivity contribution in [2.24, 2.45) is 0 Å². The van der Waals surface area contributed by atoms with E-state index in [0.717, 1.165) is 19.4 Å². The molecule has 10 heavy (non-hydrogen) atoms. The standard InChI is InChI=1S/C9H15N/c1-4-9-7-8(2)5-6-10(9)3/h7H,2,4-6H2,1,3H3. The van der Waals surface area contributed by atoms with Crippen LogP contribution in [0.4, 0.5) is 0 Å². The molecule has 1 aliphatic rings. The van der Waals surface area contributed by atoms with E-state index >= 15 is 0 Å². The van der Waals surface area contributed by atoms with Gasteiger partial charge in [-0.3, -0.25) is 0 Å². The molecule has 0 atom stereocenters. The van der Waals surface area contributed by atoms with Gasteiger partial charge in [0.15, 0.2) is 0 Å². The smallest absolute Gasteiger partial charge is 0.0212 e. The highest BCUT2D eigenvalue weighted by Crippen LogP contribution is 2.17. The largest absolute Gasteiger partial charge is 0.378 e. The Kier molecular flexibility index (Phi) is 2.15. The van der Waals surface area contributed by atoms with Crippen molar-refractivity contribution in [2.45, 2.75) is 19.8 Å². The van der Waals surface area contributed by atoms with Gasteiger partial charge in [0.05, 0.1) is 0 Å². The summed E-state index contributed by atoms with van der Waals surface area (Å²) in [7, 11) is 2.14. The lowest BCUT2D eigenvalue weighted by Crippen LogP contribution is -2.22. The van der Waals surface area contributed by atoms with Crippen LogP contribution in [0, 0.1) is 0 Å². The van der Waals surface area contributed by atoms with Gasteiger partial charge in [0.1, 0.15) is 0 Å². The number of nitrogens with zero attached hydrogens (tertiary/aromatic N) is 1. The fraction of sp³-hybridized carbons (Fsp3) is 0.556. The van der Waals surface area contributed by atoms with Crippen molar-refractivity contribution >= 4 is 0 Å². The normalized spacial score (nSPS) is 19.2. The van der Waals surface area contributed by atoms with Crippen molar-refractivity contribution in [1.29, 1.82) is 0 Å². The van der Waals surface area contributed by atoms with Gasteiger partial charge in [0.25, 0.3) is 0 Å². The minimum atomic E-state index is 1.12.